The van der Waals surface area contributed by atoms with Crippen molar-refractivity contribution in [3.05, 3.63) is 29.6 Å². The Balaban J connectivity index is 1.73. The number of rotatable bonds is 4. The number of aromatic nitrogens is 1. The van der Waals surface area contributed by atoms with Gasteiger partial charge < -0.3 is 9.84 Å². The van der Waals surface area contributed by atoms with Gasteiger partial charge in [0.25, 0.3) is 0 Å². The first kappa shape index (κ1) is 15.4. The lowest BCUT2D eigenvalue weighted by molar-refractivity contribution is -0.138. The van der Waals surface area contributed by atoms with Crippen molar-refractivity contribution < 1.29 is 14.6 Å². The van der Waals surface area contributed by atoms with E-state index in [2.05, 4.69) is 16.0 Å². The van der Waals surface area contributed by atoms with Crippen molar-refractivity contribution in [2.45, 2.75) is 19.5 Å². The fourth-order valence-corrected chi connectivity index (χ4v) is 3.44. The molecule has 1 N–H and O–H groups in total. The average Bonchev–Trinajstić information content (AvgIpc) is 2.68. The zero-order valence-electron chi connectivity index (χ0n) is 12.9. The maximum Gasteiger partial charge on any atom is 0.317 e. The van der Waals surface area contributed by atoms with Crippen LogP contribution in [0.15, 0.2) is 18.2 Å². The van der Waals surface area contributed by atoms with Gasteiger partial charge in [-0.05, 0) is 19.1 Å². The first-order valence-electron chi connectivity index (χ1n) is 7.78. The summed E-state index contributed by atoms with van der Waals surface area (Å²) in [5, 5.41) is 9.06. The van der Waals surface area contributed by atoms with E-state index >= 15 is 0 Å². The van der Waals surface area contributed by atoms with Crippen LogP contribution in [0.2, 0.25) is 0 Å². The number of hydrogen-bond acceptors (Lipinski definition) is 5. The minimum absolute atomic E-state index is 0.115. The predicted octanol–water partition coefficient (Wildman–Crippen LogP) is 0.607. The molecule has 2 saturated heterocycles. The van der Waals surface area contributed by atoms with E-state index < -0.39 is 5.97 Å². The number of carboxylic acid groups (broad SMARTS) is 1. The lowest BCUT2D eigenvalue weighted by Gasteiger charge is -2.30. The summed E-state index contributed by atoms with van der Waals surface area (Å²) in [6.07, 6.45) is 0. The molecule has 2 atom stereocenters. The van der Waals surface area contributed by atoms with Crippen molar-refractivity contribution >= 4 is 5.97 Å². The standard InChI is InChI=1S/C16H23N3O3/c1-12-3-2-4-14(17-12)7-19-6-13-5-18(9-16(20)21)8-15(19)11-22-10-13/h2-4,13,15H,5-11H2,1H3,(H,20,21)/t13-,15-/m0/s1. The highest BCUT2D eigenvalue weighted by Crippen LogP contribution is 2.21. The Morgan fingerprint density at radius 2 is 2.23 bits per heavy atom. The molecular formula is C16H23N3O3. The van der Waals surface area contributed by atoms with Crippen molar-refractivity contribution in [2.24, 2.45) is 5.92 Å². The van der Waals surface area contributed by atoms with Gasteiger partial charge in [-0.2, -0.15) is 0 Å². The Kier molecular flexibility index (Phi) is 4.71. The van der Waals surface area contributed by atoms with Crippen LogP contribution in [0.1, 0.15) is 11.4 Å². The Labute approximate surface area is 130 Å². The van der Waals surface area contributed by atoms with Crippen LogP contribution in [-0.2, 0) is 16.1 Å². The van der Waals surface area contributed by atoms with Gasteiger partial charge >= 0.3 is 5.97 Å². The third-order valence-corrected chi connectivity index (χ3v) is 4.33. The van der Waals surface area contributed by atoms with Crippen molar-refractivity contribution in [3.63, 3.8) is 0 Å². The molecule has 0 radical (unpaired) electrons. The normalized spacial score (nSPS) is 26.6. The number of aryl methyl sites for hydroxylation is 1. The fourth-order valence-electron chi connectivity index (χ4n) is 3.44. The number of carboxylic acids is 1. The van der Waals surface area contributed by atoms with Crippen LogP contribution < -0.4 is 0 Å². The Bertz CT molecular complexity index is 537. The lowest BCUT2D eigenvalue weighted by Crippen LogP contribution is -2.45. The summed E-state index contributed by atoms with van der Waals surface area (Å²) in [4.78, 5) is 20.1. The van der Waals surface area contributed by atoms with E-state index in [1.165, 1.54) is 0 Å². The van der Waals surface area contributed by atoms with Crippen molar-refractivity contribution in [1.82, 2.24) is 14.8 Å². The van der Waals surface area contributed by atoms with Crippen molar-refractivity contribution in [3.8, 4) is 0 Å². The van der Waals surface area contributed by atoms with Crippen LogP contribution in [0.5, 0.6) is 0 Å². The van der Waals surface area contributed by atoms with E-state index in [1.54, 1.807) is 0 Å². The SMILES string of the molecule is Cc1cccc(CN2C[C@H]3COC[C@@H]2CN(CC(=O)O)C3)n1. The lowest BCUT2D eigenvalue weighted by atomic mass is 10.1. The first-order valence-corrected chi connectivity index (χ1v) is 7.78. The van der Waals surface area contributed by atoms with E-state index in [0.717, 1.165) is 37.6 Å². The van der Waals surface area contributed by atoms with Gasteiger partial charge in [0.05, 0.1) is 25.5 Å². The van der Waals surface area contributed by atoms with E-state index in [4.69, 9.17) is 9.84 Å². The zero-order valence-corrected chi connectivity index (χ0v) is 12.9. The maximum absolute atomic E-state index is 11.0. The van der Waals surface area contributed by atoms with Gasteiger partial charge in [0.15, 0.2) is 0 Å². The van der Waals surface area contributed by atoms with Crippen LogP contribution >= 0.6 is 0 Å². The molecule has 6 heteroatoms. The third kappa shape index (κ3) is 3.82. The van der Waals surface area contributed by atoms with E-state index in [9.17, 15) is 4.79 Å². The molecule has 0 saturated carbocycles. The van der Waals surface area contributed by atoms with Gasteiger partial charge in [-0.1, -0.05) is 6.07 Å². The Hall–Kier alpha value is -1.50. The van der Waals surface area contributed by atoms with Crippen LogP contribution in [0.4, 0.5) is 0 Å². The smallest absolute Gasteiger partial charge is 0.317 e. The number of pyridine rings is 1. The van der Waals surface area contributed by atoms with Crippen LogP contribution in [-0.4, -0.2) is 71.3 Å². The second-order valence-electron chi connectivity index (χ2n) is 6.34. The molecule has 0 unspecified atom stereocenters. The summed E-state index contributed by atoms with van der Waals surface area (Å²) in [7, 11) is 0. The number of ether oxygens (including phenoxy) is 1. The van der Waals surface area contributed by atoms with Crippen LogP contribution in [0.25, 0.3) is 0 Å². The van der Waals surface area contributed by atoms with Gasteiger partial charge in [-0.15, -0.1) is 0 Å². The van der Waals surface area contributed by atoms with Crippen molar-refractivity contribution in [1.29, 1.82) is 0 Å². The molecule has 2 fully saturated rings. The quantitative estimate of drug-likeness (QED) is 0.879. The molecule has 2 bridgehead atoms. The summed E-state index contributed by atoms with van der Waals surface area (Å²) >= 11 is 0. The number of hydrogen-bond donors (Lipinski definition) is 1. The van der Waals surface area contributed by atoms with Crippen molar-refractivity contribution in [2.75, 3.05) is 39.4 Å². The van der Waals surface area contributed by atoms with E-state index in [0.29, 0.717) is 19.1 Å². The van der Waals surface area contributed by atoms with Gasteiger partial charge in [0.2, 0.25) is 0 Å². The number of carbonyl (C=O) groups is 1. The highest BCUT2D eigenvalue weighted by molar-refractivity contribution is 5.69. The molecule has 0 aromatic carbocycles. The van der Waals surface area contributed by atoms with E-state index in [-0.39, 0.29) is 12.6 Å². The summed E-state index contributed by atoms with van der Waals surface area (Å²) in [5.41, 5.74) is 2.09. The fraction of sp³-hybridized carbons (Fsp3) is 0.625. The first-order chi connectivity index (χ1) is 10.6. The monoisotopic (exact) mass is 305 g/mol. The molecule has 0 amide bonds. The highest BCUT2D eigenvalue weighted by atomic mass is 16.5. The number of aliphatic carboxylic acids is 1. The maximum atomic E-state index is 11.0. The van der Waals surface area contributed by atoms with Crippen LogP contribution in [0, 0.1) is 12.8 Å². The summed E-state index contributed by atoms with van der Waals surface area (Å²) in [6, 6.07) is 6.32. The second kappa shape index (κ2) is 6.73. The molecular weight excluding hydrogens is 282 g/mol. The van der Waals surface area contributed by atoms with Gasteiger partial charge in [-0.3, -0.25) is 19.6 Å². The molecule has 22 heavy (non-hydrogen) atoms. The second-order valence-corrected chi connectivity index (χ2v) is 6.34. The largest absolute Gasteiger partial charge is 0.480 e. The average molecular weight is 305 g/mol. The highest BCUT2D eigenvalue weighted by Gasteiger charge is 2.33. The van der Waals surface area contributed by atoms with Crippen LogP contribution in [0.3, 0.4) is 0 Å². The molecule has 2 aliphatic rings. The van der Waals surface area contributed by atoms with Gasteiger partial charge in [0, 0.05) is 43.8 Å². The molecule has 1 aromatic rings. The molecule has 0 spiro atoms. The minimum Gasteiger partial charge on any atom is -0.480 e. The molecule has 3 heterocycles. The molecule has 3 rings (SSSR count). The van der Waals surface area contributed by atoms with Gasteiger partial charge in [0.1, 0.15) is 0 Å². The number of nitrogens with zero attached hydrogens (tertiary/aromatic N) is 3. The topological polar surface area (TPSA) is 65.9 Å². The predicted molar refractivity (Wildman–Crippen MR) is 81.6 cm³/mol. The molecule has 1 aromatic heterocycles. The summed E-state index contributed by atoms with van der Waals surface area (Å²) < 4.78 is 5.77. The molecule has 120 valence electrons. The Morgan fingerprint density at radius 1 is 1.36 bits per heavy atom. The van der Waals surface area contributed by atoms with E-state index in [1.807, 2.05) is 24.0 Å². The summed E-state index contributed by atoms with van der Waals surface area (Å²) in [5.74, 6) is -0.399. The minimum atomic E-state index is -0.757. The number of fused-ring (bicyclic) bond motifs is 3. The van der Waals surface area contributed by atoms with Gasteiger partial charge in [-0.25, -0.2) is 0 Å². The molecule has 2 aliphatic heterocycles. The third-order valence-electron chi connectivity index (χ3n) is 4.33. The molecule has 0 aliphatic carbocycles. The summed E-state index contributed by atoms with van der Waals surface area (Å²) in [6.45, 7) is 6.77. The molecule has 6 nitrogen and oxygen atoms in total. The Morgan fingerprint density at radius 3 is 3.00 bits per heavy atom. The zero-order chi connectivity index (χ0) is 15.5.